The lowest BCUT2D eigenvalue weighted by atomic mass is 10.5. The second-order valence-electron chi connectivity index (χ2n) is 3.26. The van der Waals surface area contributed by atoms with Gasteiger partial charge in [-0.05, 0) is 28.2 Å². The fourth-order valence-corrected chi connectivity index (χ4v) is 0.655. The summed E-state index contributed by atoms with van der Waals surface area (Å²) in [5, 5.41) is 0. The highest BCUT2D eigenvalue weighted by Crippen LogP contribution is 1.89. The topological polar surface area (TPSA) is 15.7 Å². The van der Waals surface area contributed by atoms with E-state index in [0.717, 1.165) is 26.3 Å². The molecule has 0 atom stereocenters. The van der Waals surface area contributed by atoms with E-state index in [0.29, 0.717) is 0 Å². The molecule has 1 rings (SSSR count). The molecule has 0 aromatic rings. The van der Waals surface area contributed by atoms with Gasteiger partial charge in [0, 0.05) is 13.1 Å². The Balaban J connectivity index is 0.000000218. The Labute approximate surface area is 69.9 Å². The molecule has 0 amide bonds. The molecule has 0 bridgehead atoms. The van der Waals surface area contributed by atoms with Gasteiger partial charge in [-0.1, -0.05) is 0 Å². The van der Waals surface area contributed by atoms with Gasteiger partial charge < -0.3 is 14.5 Å². The molecule has 1 saturated heterocycles. The first-order chi connectivity index (χ1) is 5.13. The summed E-state index contributed by atoms with van der Waals surface area (Å²) in [6, 6.07) is 0. The van der Waals surface area contributed by atoms with Crippen LogP contribution in [0.2, 0.25) is 0 Å². The zero-order valence-corrected chi connectivity index (χ0v) is 8.13. The molecule has 1 aliphatic heterocycles. The Morgan fingerprint density at radius 2 is 1.45 bits per heavy atom. The van der Waals surface area contributed by atoms with E-state index in [1.165, 1.54) is 0 Å². The monoisotopic (exact) mass is 160 g/mol. The van der Waals surface area contributed by atoms with Crippen molar-refractivity contribution in [2.45, 2.75) is 0 Å². The van der Waals surface area contributed by atoms with Crippen LogP contribution < -0.4 is 0 Å². The number of likely N-dealkylation sites (N-methyl/N-ethyl adjacent to an activating group) is 1. The first-order valence-electron chi connectivity index (χ1n) is 4.00. The summed E-state index contributed by atoms with van der Waals surface area (Å²) >= 11 is 0. The quantitative estimate of drug-likeness (QED) is 0.501. The predicted molar refractivity (Wildman–Crippen MR) is 47.9 cm³/mol. The zero-order valence-electron chi connectivity index (χ0n) is 8.13. The maximum atomic E-state index is 5.10. The number of rotatable bonds is 0. The molecule has 0 N–H and O–H groups in total. The van der Waals surface area contributed by atoms with E-state index in [1.807, 2.05) is 26.0 Å². The van der Waals surface area contributed by atoms with Crippen LogP contribution in [0.3, 0.4) is 0 Å². The standard InChI is InChI=1S/C5H11NO.C3H9N/c1-6-2-4-7-5-3-6;1-4(2)3/h2-5H2,1H3;1-3H3. The molecule has 11 heavy (non-hydrogen) atoms. The van der Waals surface area contributed by atoms with Crippen molar-refractivity contribution in [3.8, 4) is 0 Å². The van der Waals surface area contributed by atoms with Crippen LogP contribution in [0.25, 0.3) is 0 Å². The number of hydrogen-bond donors (Lipinski definition) is 0. The molecular formula is C8H20N2O. The Hall–Kier alpha value is -0.120. The van der Waals surface area contributed by atoms with Crippen LogP contribution in [0.1, 0.15) is 0 Å². The lowest BCUT2D eigenvalue weighted by molar-refractivity contribution is 0.0503. The maximum absolute atomic E-state index is 5.10. The summed E-state index contributed by atoms with van der Waals surface area (Å²) in [6.07, 6.45) is 0. The normalized spacial score (nSPS) is 19.4. The summed E-state index contributed by atoms with van der Waals surface area (Å²) in [7, 11) is 8.11. The molecule has 0 unspecified atom stereocenters. The Morgan fingerprint density at radius 3 is 1.64 bits per heavy atom. The summed E-state index contributed by atoms with van der Waals surface area (Å²) in [5.41, 5.74) is 0. The summed E-state index contributed by atoms with van der Waals surface area (Å²) in [6.45, 7) is 4.02. The van der Waals surface area contributed by atoms with Gasteiger partial charge in [0.2, 0.25) is 0 Å². The SMILES string of the molecule is CN(C)C.CN1CCOCC1. The fraction of sp³-hybridized carbons (Fsp3) is 1.00. The van der Waals surface area contributed by atoms with Crippen molar-refractivity contribution >= 4 is 0 Å². The van der Waals surface area contributed by atoms with E-state index in [-0.39, 0.29) is 0 Å². The first-order valence-corrected chi connectivity index (χ1v) is 4.00. The first kappa shape index (κ1) is 10.9. The van der Waals surface area contributed by atoms with Gasteiger partial charge in [-0.3, -0.25) is 0 Å². The van der Waals surface area contributed by atoms with E-state index >= 15 is 0 Å². The molecule has 3 heteroatoms. The van der Waals surface area contributed by atoms with Gasteiger partial charge in [-0.2, -0.15) is 0 Å². The molecule has 68 valence electrons. The molecule has 0 radical (unpaired) electrons. The van der Waals surface area contributed by atoms with Gasteiger partial charge in [0.25, 0.3) is 0 Å². The van der Waals surface area contributed by atoms with Crippen molar-refractivity contribution in [3.05, 3.63) is 0 Å². The minimum absolute atomic E-state index is 0.913. The van der Waals surface area contributed by atoms with Crippen LogP contribution in [0, 0.1) is 0 Å². The number of morpholine rings is 1. The van der Waals surface area contributed by atoms with E-state index in [2.05, 4.69) is 11.9 Å². The largest absolute Gasteiger partial charge is 0.379 e. The molecule has 1 fully saturated rings. The highest BCUT2D eigenvalue weighted by molar-refractivity contribution is 4.53. The Morgan fingerprint density at radius 1 is 1.09 bits per heavy atom. The Kier molecular flexibility index (Phi) is 6.51. The van der Waals surface area contributed by atoms with Crippen LogP contribution in [0.4, 0.5) is 0 Å². The summed E-state index contributed by atoms with van der Waals surface area (Å²) in [4.78, 5) is 4.27. The van der Waals surface area contributed by atoms with Crippen LogP contribution >= 0.6 is 0 Å². The third-order valence-corrected chi connectivity index (χ3v) is 1.23. The molecule has 3 nitrogen and oxygen atoms in total. The third kappa shape index (κ3) is 9.88. The van der Waals surface area contributed by atoms with Crippen LogP contribution in [0.15, 0.2) is 0 Å². The average molecular weight is 160 g/mol. The molecule has 0 saturated carbocycles. The summed E-state index contributed by atoms with van der Waals surface area (Å²) in [5.74, 6) is 0. The molecule has 0 aliphatic carbocycles. The highest BCUT2D eigenvalue weighted by atomic mass is 16.5. The Bertz CT molecular complexity index is 77.4. The van der Waals surface area contributed by atoms with Crippen molar-refractivity contribution in [2.24, 2.45) is 0 Å². The minimum atomic E-state index is 0.913. The predicted octanol–water partition coefficient (Wildman–Crippen LogP) is 0.126. The molecule has 1 heterocycles. The zero-order chi connectivity index (χ0) is 8.69. The third-order valence-electron chi connectivity index (χ3n) is 1.23. The van der Waals surface area contributed by atoms with E-state index in [9.17, 15) is 0 Å². The van der Waals surface area contributed by atoms with Crippen LogP contribution in [-0.2, 0) is 4.74 Å². The van der Waals surface area contributed by atoms with Crippen LogP contribution in [-0.4, -0.2) is 64.3 Å². The lowest BCUT2D eigenvalue weighted by Crippen LogP contribution is -2.32. The molecule has 0 aromatic carbocycles. The molecule has 0 spiro atoms. The van der Waals surface area contributed by atoms with Gasteiger partial charge in [0.05, 0.1) is 13.2 Å². The fourth-order valence-electron chi connectivity index (χ4n) is 0.655. The van der Waals surface area contributed by atoms with Gasteiger partial charge >= 0.3 is 0 Å². The van der Waals surface area contributed by atoms with Gasteiger partial charge in [-0.25, -0.2) is 0 Å². The number of ether oxygens (including phenoxy) is 1. The van der Waals surface area contributed by atoms with Crippen molar-refractivity contribution in [1.29, 1.82) is 0 Å². The van der Waals surface area contributed by atoms with E-state index in [4.69, 9.17) is 4.74 Å². The molecule has 1 aliphatic rings. The molecule has 0 aromatic heterocycles. The van der Waals surface area contributed by atoms with Crippen molar-refractivity contribution in [2.75, 3.05) is 54.5 Å². The van der Waals surface area contributed by atoms with Gasteiger partial charge in [0.15, 0.2) is 0 Å². The van der Waals surface area contributed by atoms with E-state index in [1.54, 1.807) is 0 Å². The summed E-state index contributed by atoms with van der Waals surface area (Å²) < 4.78 is 5.10. The maximum Gasteiger partial charge on any atom is 0.0594 e. The van der Waals surface area contributed by atoms with Crippen molar-refractivity contribution < 1.29 is 4.74 Å². The van der Waals surface area contributed by atoms with Gasteiger partial charge in [-0.15, -0.1) is 0 Å². The number of nitrogens with zero attached hydrogens (tertiary/aromatic N) is 2. The average Bonchev–Trinajstić information content (AvgIpc) is 1.87. The lowest BCUT2D eigenvalue weighted by Gasteiger charge is -2.21. The van der Waals surface area contributed by atoms with E-state index < -0.39 is 0 Å². The van der Waals surface area contributed by atoms with Crippen LogP contribution in [0.5, 0.6) is 0 Å². The highest BCUT2D eigenvalue weighted by Gasteiger charge is 2.02. The molecular weight excluding hydrogens is 140 g/mol. The van der Waals surface area contributed by atoms with Crippen molar-refractivity contribution in [3.63, 3.8) is 0 Å². The smallest absolute Gasteiger partial charge is 0.0594 e. The van der Waals surface area contributed by atoms with Crippen molar-refractivity contribution in [1.82, 2.24) is 9.80 Å². The van der Waals surface area contributed by atoms with Gasteiger partial charge in [0.1, 0.15) is 0 Å². The second-order valence-corrected chi connectivity index (χ2v) is 3.26. The minimum Gasteiger partial charge on any atom is -0.379 e. The number of hydrogen-bond acceptors (Lipinski definition) is 3. The second kappa shape index (κ2) is 6.58.